The molecule has 0 saturated heterocycles. The Morgan fingerprint density at radius 1 is 1.10 bits per heavy atom. The minimum absolute atomic E-state index is 0.122. The average molecular weight is 270 g/mol. The smallest absolute Gasteiger partial charge is 0.295 e. The van der Waals surface area contributed by atoms with Crippen molar-refractivity contribution in [1.82, 2.24) is 0 Å². The molecule has 20 heavy (non-hydrogen) atoms. The van der Waals surface area contributed by atoms with E-state index in [-0.39, 0.29) is 5.92 Å². The minimum atomic E-state index is -0.711. The van der Waals surface area contributed by atoms with Crippen LogP contribution in [-0.4, -0.2) is 11.2 Å². The topological polar surface area (TPSA) is 46.5 Å². The summed E-state index contributed by atoms with van der Waals surface area (Å²) < 4.78 is 0. The van der Waals surface area contributed by atoms with Crippen molar-refractivity contribution in [3.8, 4) is 0 Å². The lowest BCUT2D eigenvalue weighted by Crippen LogP contribution is -2.10. The van der Waals surface area contributed by atoms with Crippen LogP contribution in [0.15, 0.2) is 54.6 Å². The first kappa shape index (κ1) is 14.3. The molecule has 2 aromatic carbocycles. The molecule has 0 amide bonds. The fourth-order valence-electron chi connectivity index (χ4n) is 2.51. The highest BCUT2D eigenvalue weighted by Crippen LogP contribution is 2.31. The number of hydrogen-bond donors (Lipinski definition) is 1. The summed E-state index contributed by atoms with van der Waals surface area (Å²) in [5.41, 5.74) is 2.46. The van der Waals surface area contributed by atoms with Gasteiger partial charge in [0.25, 0.3) is 0 Å². The van der Waals surface area contributed by atoms with Gasteiger partial charge >= 0.3 is 5.97 Å². The predicted octanol–water partition coefficient (Wildman–Crippen LogP) is 4.25. The number of carbonyl (C=O) groups excluding carboxylic acids is 1. The van der Waals surface area contributed by atoms with Crippen molar-refractivity contribution in [2.75, 3.05) is 0 Å². The summed E-state index contributed by atoms with van der Waals surface area (Å²) in [4.78, 5) is 15.6. The van der Waals surface area contributed by atoms with Crippen molar-refractivity contribution in [2.45, 2.75) is 25.7 Å². The van der Waals surface area contributed by atoms with Gasteiger partial charge in [-0.25, -0.2) is 4.79 Å². The van der Waals surface area contributed by atoms with Crippen LogP contribution in [0, 0.1) is 0 Å². The first-order chi connectivity index (χ1) is 9.77. The molecule has 0 fully saturated rings. The van der Waals surface area contributed by atoms with Gasteiger partial charge in [-0.2, -0.15) is 5.26 Å². The molecule has 0 bridgehead atoms. The molecule has 0 aromatic heterocycles. The van der Waals surface area contributed by atoms with E-state index in [1.807, 2.05) is 30.3 Å². The summed E-state index contributed by atoms with van der Waals surface area (Å²) in [6.07, 6.45) is 1.93. The van der Waals surface area contributed by atoms with Gasteiger partial charge in [0.05, 0.1) is 5.56 Å². The Balaban J connectivity index is 2.47. The summed E-state index contributed by atoms with van der Waals surface area (Å²) in [6.45, 7) is 2.11. The van der Waals surface area contributed by atoms with Gasteiger partial charge in [0, 0.05) is 5.92 Å². The summed E-state index contributed by atoms with van der Waals surface area (Å²) >= 11 is 0. The zero-order valence-corrected chi connectivity index (χ0v) is 11.5. The average Bonchev–Trinajstić information content (AvgIpc) is 2.53. The molecule has 0 aliphatic heterocycles. The summed E-state index contributed by atoms with van der Waals surface area (Å²) in [5, 5.41) is 8.65. The SMILES string of the molecule is CCCC(c1ccccc1)c1ccccc1C(=O)OO. The van der Waals surface area contributed by atoms with Crippen LogP contribution in [0.25, 0.3) is 0 Å². The Labute approximate surface area is 118 Å². The molecule has 2 rings (SSSR count). The summed E-state index contributed by atoms with van der Waals surface area (Å²) in [5.74, 6) is -0.589. The van der Waals surface area contributed by atoms with Crippen LogP contribution in [0.4, 0.5) is 0 Å². The maximum atomic E-state index is 11.7. The number of carbonyl (C=O) groups is 1. The third kappa shape index (κ3) is 3.06. The van der Waals surface area contributed by atoms with Gasteiger partial charge in [-0.3, -0.25) is 4.89 Å². The second-order valence-electron chi connectivity index (χ2n) is 4.72. The second-order valence-corrected chi connectivity index (χ2v) is 4.72. The fourth-order valence-corrected chi connectivity index (χ4v) is 2.51. The highest BCUT2D eigenvalue weighted by Gasteiger charge is 2.20. The van der Waals surface area contributed by atoms with E-state index in [4.69, 9.17) is 5.26 Å². The number of rotatable bonds is 5. The van der Waals surface area contributed by atoms with E-state index in [1.165, 1.54) is 0 Å². The Morgan fingerprint density at radius 2 is 1.75 bits per heavy atom. The number of hydrogen-bond acceptors (Lipinski definition) is 3. The van der Waals surface area contributed by atoms with Crippen LogP contribution in [0.5, 0.6) is 0 Å². The largest absolute Gasteiger partial charge is 0.373 e. The first-order valence-corrected chi connectivity index (χ1v) is 6.77. The van der Waals surface area contributed by atoms with Gasteiger partial charge in [0.1, 0.15) is 0 Å². The van der Waals surface area contributed by atoms with E-state index >= 15 is 0 Å². The molecule has 0 aliphatic rings. The molecule has 104 valence electrons. The van der Waals surface area contributed by atoms with Gasteiger partial charge < -0.3 is 0 Å². The third-order valence-corrected chi connectivity index (χ3v) is 3.42. The molecule has 0 spiro atoms. The Hall–Kier alpha value is -2.13. The van der Waals surface area contributed by atoms with E-state index < -0.39 is 5.97 Å². The van der Waals surface area contributed by atoms with Crippen molar-refractivity contribution in [3.63, 3.8) is 0 Å². The molecule has 3 nitrogen and oxygen atoms in total. The van der Waals surface area contributed by atoms with Crippen LogP contribution in [-0.2, 0) is 4.89 Å². The molecule has 1 N–H and O–H groups in total. The second kappa shape index (κ2) is 6.87. The van der Waals surface area contributed by atoms with E-state index in [1.54, 1.807) is 12.1 Å². The molecule has 1 atom stereocenters. The quantitative estimate of drug-likeness (QED) is 0.652. The molecular formula is C17H18O3. The van der Waals surface area contributed by atoms with Crippen molar-refractivity contribution >= 4 is 5.97 Å². The highest BCUT2D eigenvalue weighted by atomic mass is 17.1. The lowest BCUT2D eigenvalue weighted by atomic mass is 9.85. The molecule has 3 heteroatoms. The van der Waals surface area contributed by atoms with E-state index in [0.717, 1.165) is 24.0 Å². The van der Waals surface area contributed by atoms with Gasteiger partial charge in [-0.15, -0.1) is 0 Å². The van der Waals surface area contributed by atoms with Gasteiger partial charge in [-0.05, 0) is 23.6 Å². The standard InChI is InChI=1S/C17H18O3/c1-2-8-14(13-9-4-3-5-10-13)15-11-6-7-12-16(15)17(18)20-19/h3-7,9-12,14,19H,2,8H2,1H3. The van der Waals surface area contributed by atoms with Crippen LogP contribution in [0.1, 0.15) is 47.2 Å². The Kier molecular flexibility index (Phi) is 4.91. The molecule has 2 aromatic rings. The minimum Gasteiger partial charge on any atom is -0.295 e. The van der Waals surface area contributed by atoms with Crippen LogP contribution < -0.4 is 0 Å². The van der Waals surface area contributed by atoms with Crippen LogP contribution in [0.3, 0.4) is 0 Å². The van der Waals surface area contributed by atoms with E-state index in [2.05, 4.69) is 23.9 Å². The highest BCUT2D eigenvalue weighted by molar-refractivity contribution is 5.91. The molecule has 1 unspecified atom stereocenters. The Bertz CT molecular complexity index is 563. The Morgan fingerprint density at radius 3 is 2.40 bits per heavy atom. The monoisotopic (exact) mass is 270 g/mol. The molecule has 0 saturated carbocycles. The predicted molar refractivity (Wildman–Crippen MR) is 77.7 cm³/mol. The van der Waals surface area contributed by atoms with Crippen molar-refractivity contribution < 1.29 is 14.9 Å². The van der Waals surface area contributed by atoms with E-state index in [0.29, 0.717) is 5.56 Å². The lowest BCUT2D eigenvalue weighted by Gasteiger charge is -2.19. The zero-order valence-electron chi connectivity index (χ0n) is 11.5. The first-order valence-electron chi connectivity index (χ1n) is 6.77. The van der Waals surface area contributed by atoms with Crippen LogP contribution in [0.2, 0.25) is 0 Å². The van der Waals surface area contributed by atoms with Crippen molar-refractivity contribution in [3.05, 3.63) is 71.3 Å². The van der Waals surface area contributed by atoms with Gasteiger partial charge in [0.2, 0.25) is 0 Å². The van der Waals surface area contributed by atoms with Crippen molar-refractivity contribution in [2.24, 2.45) is 0 Å². The normalized spacial score (nSPS) is 11.9. The van der Waals surface area contributed by atoms with Crippen molar-refractivity contribution in [1.29, 1.82) is 0 Å². The van der Waals surface area contributed by atoms with Crippen LogP contribution >= 0.6 is 0 Å². The number of benzene rings is 2. The molecule has 0 heterocycles. The van der Waals surface area contributed by atoms with E-state index in [9.17, 15) is 4.79 Å². The maximum Gasteiger partial charge on any atom is 0.373 e. The van der Waals surface area contributed by atoms with Gasteiger partial charge in [-0.1, -0.05) is 61.9 Å². The molecule has 0 aliphatic carbocycles. The maximum absolute atomic E-state index is 11.7. The molecule has 0 radical (unpaired) electrons. The zero-order chi connectivity index (χ0) is 14.4. The summed E-state index contributed by atoms with van der Waals surface area (Å²) in [6, 6.07) is 17.3. The van der Waals surface area contributed by atoms with Gasteiger partial charge in [0.15, 0.2) is 0 Å². The molecular weight excluding hydrogens is 252 g/mol. The lowest BCUT2D eigenvalue weighted by molar-refractivity contribution is -0.182. The summed E-state index contributed by atoms with van der Waals surface area (Å²) in [7, 11) is 0. The third-order valence-electron chi connectivity index (χ3n) is 3.42. The fraction of sp³-hybridized carbons (Fsp3) is 0.235.